The second-order valence-electron chi connectivity index (χ2n) is 17.1. The van der Waals surface area contributed by atoms with E-state index in [1.165, 1.54) is 199 Å². The van der Waals surface area contributed by atoms with Crippen molar-refractivity contribution < 1.29 is 19.1 Å². The molecule has 0 aromatic rings. The minimum Gasteiger partial charge on any atom is -0.465 e. The molecule has 0 aliphatic carbocycles. The quantitative estimate of drug-likeness (QED) is 0.0460. The van der Waals surface area contributed by atoms with Crippen LogP contribution in [0.15, 0.2) is 0 Å². The van der Waals surface area contributed by atoms with E-state index in [0.717, 1.165) is 31.6 Å². The van der Waals surface area contributed by atoms with Gasteiger partial charge in [-0.05, 0) is 56.3 Å². The van der Waals surface area contributed by atoms with Gasteiger partial charge in [0.05, 0.1) is 13.2 Å². The average Bonchev–Trinajstić information content (AvgIpc) is 3.16. The van der Waals surface area contributed by atoms with Crippen molar-refractivity contribution in [3.05, 3.63) is 0 Å². The van der Waals surface area contributed by atoms with Crippen LogP contribution < -0.4 is 0 Å². The Kier molecular flexibility index (Phi) is 41.2. The highest BCUT2D eigenvalue weighted by Gasteiger charge is 2.15. The molecule has 316 valence electrons. The lowest BCUT2D eigenvalue weighted by molar-refractivity contribution is -0.146. The molecule has 0 bridgehead atoms. The van der Waals surface area contributed by atoms with Gasteiger partial charge in [0.15, 0.2) is 0 Å². The van der Waals surface area contributed by atoms with Gasteiger partial charge in [-0.2, -0.15) is 0 Å². The van der Waals surface area contributed by atoms with E-state index < -0.39 is 0 Å². The molecule has 0 saturated heterocycles. The van der Waals surface area contributed by atoms with Gasteiger partial charge in [-0.15, -0.1) is 0 Å². The van der Waals surface area contributed by atoms with E-state index in [-0.39, 0.29) is 11.9 Å². The fourth-order valence-electron chi connectivity index (χ4n) is 8.02. The summed E-state index contributed by atoms with van der Waals surface area (Å²) >= 11 is 0. The Morgan fingerprint density at radius 2 is 0.547 bits per heavy atom. The zero-order valence-corrected chi connectivity index (χ0v) is 36.9. The van der Waals surface area contributed by atoms with Gasteiger partial charge < -0.3 is 9.47 Å². The van der Waals surface area contributed by atoms with E-state index in [1.807, 2.05) is 0 Å². The number of carbonyl (C=O) groups excluding carboxylic acids is 2. The Labute approximate surface area is 333 Å². The molecule has 0 radical (unpaired) electrons. The van der Waals surface area contributed by atoms with Crippen molar-refractivity contribution in [1.82, 2.24) is 0 Å². The fourth-order valence-corrected chi connectivity index (χ4v) is 8.02. The molecule has 2 atom stereocenters. The minimum absolute atomic E-state index is 0.0212. The zero-order chi connectivity index (χ0) is 38.9. The Hall–Kier alpha value is -1.06. The molecule has 0 spiro atoms. The first-order valence-corrected chi connectivity index (χ1v) is 24.3. The van der Waals surface area contributed by atoms with Crippen molar-refractivity contribution in [2.75, 3.05) is 13.2 Å². The van der Waals surface area contributed by atoms with Crippen molar-refractivity contribution >= 4 is 11.9 Å². The normalized spacial score (nSPS) is 13.2. The van der Waals surface area contributed by atoms with Crippen LogP contribution >= 0.6 is 0 Å². The molecule has 0 saturated carbocycles. The molecule has 2 unspecified atom stereocenters. The Balaban J connectivity index is 4.31. The molecule has 4 nitrogen and oxygen atoms in total. The lowest BCUT2D eigenvalue weighted by Gasteiger charge is -2.18. The van der Waals surface area contributed by atoms with Crippen LogP contribution in [0.2, 0.25) is 0 Å². The Morgan fingerprint density at radius 3 is 0.887 bits per heavy atom. The molecule has 0 fully saturated rings. The maximum Gasteiger partial charge on any atom is 0.305 e. The van der Waals surface area contributed by atoms with Gasteiger partial charge in [0.1, 0.15) is 0 Å². The van der Waals surface area contributed by atoms with E-state index in [9.17, 15) is 9.59 Å². The summed E-state index contributed by atoms with van der Waals surface area (Å²) in [6.45, 7) is 12.7. The van der Waals surface area contributed by atoms with Crippen molar-refractivity contribution in [3.63, 3.8) is 0 Å². The van der Waals surface area contributed by atoms with Crippen LogP contribution in [0.1, 0.15) is 272 Å². The van der Waals surface area contributed by atoms with Crippen LogP contribution in [0.4, 0.5) is 0 Å². The summed E-state index contributed by atoms with van der Waals surface area (Å²) in [7, 11) is 0. The molecular formula is C49H96O4. The Morgan fingerprint density at radius 1 is 0.302 bits per heavy atom. The number of rotatable bonds is 43. The highest BCUT2D eigenvalue weighted by molar-refractivity contribution is 5.69. The number of hydrogen-bond acceptors (Lipinski definition) is 4. The molecule has 4 heteroatoms. The van der Waals surface area contributed by atoms with Crippen LogP contribution in [0.5, 0.6) is 0 Å². The number of esters is 2. The number of hydrogen-bond donors (Lipinski definition) is 0. The van der Waals surface area contributed by atoms with Crippen LogP contribution in [0, 0.1) is 17.8 Å². The molecule has 0 aromatic carbocycles. The van der Waals surface area contributed by atoms with Crippen LogP contribution in [0.25, 0.3) is 0 Å². The SMILES string of the molecule is CCCCCCCCC(CCCCCC)COC(=O)CCCCCC(CCCC)CCCCCC(=O)OCC(CCCCCC)CCCCCCCC. The molecule has 0 aliphatic heterocycles. The Bertz CT molecular complexity index is 693. The highest BCUT2D eigenvalue weighted by Crippen LogP contribution is 2.25. The third-order valence-corrected chi connectivity index (χ3v) is 11.8. The van der Waals surface area contributed by atoms with E-state index in [2.05, 4.69) is 34.6 Å². The maximum atomic E-state index is 12.6. The first-order chi connectivity index (χ1) is 26.0. The van der Waals surface area contributed by atoms with Crippen LogP contribution in [-0.2, 0) is 19.1 Å². The predicted molar refractivity (Wildman–Crippen MR) is 232 cm³/mol. The second kappa shape index (κ2) is 42.1. The van der Waals surface area contributed by atoms with Gasteiger partial charge in [0, 0.05) is 12.8 Å². The molecule has 0 amide bonds. The third-order valence-electron chi connectivity index (χ3n) is 11.8. The van der Waals surface area contributed by atoms with Crippen molar-refractivity contribution in [2.45, 2.75) is 272 Å². The van der Waals surface area contributed by atoms with Crippen molar-refractivity contribution in [3.8, 4) is 0 Å². The molecule has 0 heterocycles. The second-order valence-corrected chi connectivity index (χ2v) is 17.1. The lowest BCUT2D eigenvalue weighted by atomic mass is 9.90. The summed E-state index contributed by atoms with van der Waals surface area (Å²) in [6.07, 6.45) is 45.3. The van der Waals surface area contributed by atoms with Gasteiger partial charge in [-0.1, -0.05) is 221 Å². The van der Waals surface area contributed by atoms with E-state index in [4.69, 9.17) is 9.47 Å². The van der Waals surface area contributed by atoms with Gasteiger partial charge in [-0.25, -0.2) is 0 Å². The highest BCUT2D eigenvalue weighted by atomic mass is 16.5. The van der Waals surface area contributed by atoms with E-state index in [0.29, 0.717) is 37.9 Å². The van der Waals surface area contributed by atoms with E-state index in [1.54, 1.807) is 0 Å². The largest absolute Gasteiger partial charge is 0.465 e. The van der Waals surface area contributed by atoms with Crippen LogP contribution in [-0.4, -0.2) is 25.2 Å². The summed E-state index contributed by atoms with van der Waals surface area (Å²) in [4.78, 5) is 25.3. The average molecular weight is 749 g/mol. The lowest BCUT2D eigenvalue weighted by Crippen LogP contribution is -2.14. The molecule has 0 aromatic heterocycles. The van der Waals surface area contributed by atoms with Gasteiger partial charge in [0.2, 0.25) is 0 Å². The molecule has 0 rings (SSSR count). The van der Waals surface area contributed by atoms with Crippen molar-refractivity contribution in [2.24, 2.45) is 17.8 Å². The predicted octanol–water partition coefficient (Wildman–Crippen LogP) is 16.5. The molecule has 53 heavy (non-hydrogen) atoms. The first kappa shape index (κ1) is 51.9. The molecule has 0 N–H and O–H groups in total. The number of carbonyl (C=O) groups is 2. The van der Waals surface area contributed by atoms with Crippen LogP contribution in [0.3, 0.4) is 0 Å². The summed E-state index contributed by atoms with van der Waals surface area (Å²) in [5.41, 5.74) is 0. The van der Waals surface area contributed by atoms with Gasteiger partial charge in [0.25, 0.3) is 0 Å². The van der Waals surface area contributed by atoms with Gasteiger partial charge >= 0.3 is 11.9 Å². The zero-order valence-electron chi connectivity index (χ0n) is 36.9. The van der Waals surface area contributed by atoms with Gasteiger partial charge in [-0.3, -0.25) is 9.59 Å². The summed E-state index contributed by atoms with van der Waals surface area (Å²) < 4.78 is 11.7. The smallest absolute Gasteiger partial charge is 0.305 e. The number of unbranched alkanes of at least 4 members (excludes halogenated alkanes) is 21. The maximum absolute atomic E-state index is 12.6. The van der Waals surface area contributed by atoms with Crippen molar-refractivity contribution in [1.29, 1.82) is 0 Å². The fraction of sp³-hybridized carbons (Fsp3) is 0.959. The number of ether oxygens (including phenoxy) is 2. The monoisotopic (exact) mass is 749 g/mol. The third kappa shape index (κ3) is 37.6. The standard InChI is InChI=1S/C49H96O4/c1-6-11-16-20-22-28-39-46(37-26-18-13-8-3)43-52-48(50)41-32-24-30-35-45(34-15-10-5)36-31-25-33-42-49(51)53-44-47(38-27-19-14-9-4)40-29-23-21-17-12-7-2/h45-47H,6-44H2,1-5H3. The summed E-state index contributed by atoms with van der Waals surface area (Å²) in [6, 6.07) is 0. The topological polar surface area (TPSA) is 52.6 Å². The summed E-state index contributed by atoms with van der Waals surface area (Å²) in [5, 5.41) is 0. The minimum atomic E-state index is 0.0212. The molecule has 0 aliphatic rings. The summed E-state index contributed by atoms with van der Waals surface area (Å²) in [5.74, 6) is 1.91. The first-order valence-electron chi connectivity index (χ1n) is 24.3. The van der Waals surface area contributed by atoms with E-state index >= 15 is 0 Å². The molecular weight excluding hydrogens is 653 g/mol.